The maximum absolute atomic E-state index is 12.9. The number of H-pyrrole nitrogens is 1. The molecule has 6 rings (SSSR count). The fourth-order valence-corrected chi connectivity index (χ4v) is 6.70. The zero-order chi connectivity index (χ0) is 16.3. The molecule has 5 nitrogen and oxygen atoms in total. The molecule has 5 aliphatic carbocycles. The van der Waals surface area contributed by atoms with Crippen LogP contribution in [0, 0.1) is 29.1 Å². The molecule has 1 amide bonds. The number of amides is 1. The summed E-state index contributed by atoms with van der Waals surface area (Å²) < 4.78 is 0. The number of aromatic amines is 1. The van der Waals surface area contributed by atoms with Gasteiger partial charge in [-0.1, -0.05) is 0 Å². The van der Waals surface area contributed by atoms with Crippen LogP contribution in [0.5, 0.6) is 0 Å². The van der Waals surface area contributed by atoms with Crippen molar-refractivity contribution in [1.29, 1.82) is 0 Å². The molecule has 130 valence electrons. The molecule has 4 saturated carbocycles. The lowest BCUT2D eigenvalue weighted by Gasteiger charge is -2.59. The Balaban J connectivity index is 1.27. The molecule has 2 N–H and O–H groups in total. The number of nitrogens with zero attached hydrogens (tertiary/aromatic N) is 2. The summed E-state index contributed by atoms with van der Waals surface area (Å²) in [6.07, 6.45) is 10.9. The van der Waals surface area contributed by atoms with Crippen molar-refractivity contribution in [3.8, 4) is 0 Å². The third kappa shape index (κ3) is 2.31. The molecule has 2 atom stereocenters. The van der Waals surface area contributed by atoms with E-state index in [2.05, 4.69) is 27.7 Å². The van der Waals surface area contributed by atoms with Crippen molar-refractivity contribution in [3.63, 3.8) is 0 Å². The summed E-state index contributed by atoms with van der Waals surface area (Å²) in [5.41, 5.74) is 2.43. The third-order valence-corrected chi connectivity index (χ3v) is 7.61. The minimum Gasteiger partial charge on any atom is -0.353 e. The summed E-state index contributed by atoms with van der Waals surface area (Å²) in [7, 11) is 0. The van der Waals surface area contributed by atoms with Crippen molar-refractivity contribution in [1.82, 2.24) is 20.7 Å². The first kappa shape index (κ1) is 14.9. The van der Waals surface area contributed by atoms with Crippen LogP contribution in [0.3, 0.4) is 0 Å². The van der Waals surface area contributed by atoms with E-state index in [-0.39, 0.29) is 11.8 Å². The quantitative estimate of drug-likeness (QED) is 0.896. The van der Waals surface area contributed by atoms with Crippen LogP contribution in [0.15, 0.2) is 0 Å². The number of hydrogen-bond donors (Lipinski definition) is 2. The van der Waals surface area contributed by atoms with Crippen LogP contribution < -0.4 is 5.32 Å². The van der Waals surface area contributed by atoms with Gasteiger partial charge in [-0.15, -0.1) is 0 Å². The number of aromatic nitrogens is 3. The highest BCUT2D eigenvalue weighted by atomic mass is 16.1. The van der Waals surface area contributed by atoms with Gasteiger partial charge in [0.25, 0.3) is 0 Å². The van der Waals surface area contributed by atoms with Crippen molar-refractivity contribution in [2.75, 3.05) is 0 Å². The SMILES string of the molecule is CC(NC(=O)C1CCc2n[nH]nc2C1)C12CC3CC(CC(C3)C1)C2. The predicted molar refractivity (Wildman–Crippen MR) is 90.1 cm³/mol. The zero-order valence-electron chi connectivity index (χ0n) is 14.6. The molecule has 4 bridgehead atoms. The maximum atomic E-state index is 12.9. The summed E-state index contributed by atoms with van der Waals surface area (Å²) in [4.78, 5) is 12.9. The molecule has 0 aromatic carbocycles. The topological polar surface area (TPSA) is 70.7 Å². The molecule has 0 saturated heterocycles. The van der Waals surface area contributed by atoms with Crippen molar-refractivity contribution < 1.29 is 4.79 Å². The summed E-state index contributed by atoms with van der Waals surface area (Å²) in [6.45, 7) is 2.27. The number of rotatable bonds is 3. The number of carbonyl (C=O) groups excluding carboxylic acids is 1. The maximum Gasteiger partial charge on any atom is 0.223 e. The second-order valence-corrected chi connectivity index (χ2v) is 9.17. The van der Waals surface area contributed by atoms with Gasteiger partial charge >= 0.3 is 0 Å². The van der Waals surface area contributed by atoms with Crippen LogP contribution in [0.4, 0.5) is 0 Å². The predicted octanol–water partition coefficient (Wildman–Crippen LogP) is 2.63. The zero-order valence-corrected chi connectivity index (χ0v) is 14.6. The van der Waals surface area contributed by atoms with Crippen LogP contribution in [-0.4, -0.2) is 27.4 Å². The van der Waals surface area contributed by atoms with E-state index in [1.54, 1.807) is 0 Å². The Morgan fingerprint density at radius 2 is 1.75 bits per heavy atom. The minimum atomic E-state index is 0.0685. The minimum absolute atomic E-state index is 0.0685. The van der Waals surface area contributed by atoms with Gasteiger partial charge in [-0.3, -0.25) is 4.79 Å². The van der Waals surface area contributed by atoms with E-state index >= 15 is 0 Å². The Hall–Kier alpha value is -1.39. The van der Waals surface area contributed by atoms with Gasteiger partial charge in [-0.05, 0) is 81.5 Å². The summed E-state index contributed by atoms with van der Waals surface area (Å²) >= 11 is 0. The molecule has 4 fully saturated rings. The highest BCUT2D eigenvalue weighted by Crippen LogP contribution is 2.61. The molecular formula is C19H28N4O. The highest BCUT2D eigenvalue weighted by molar-refractivity contribution is 5.79. The van der Waals surface area contributed by atoms with E-state index in [1.807, 2.05) is 0 Å². The highest BCUT2D eigenvalue weighted by Gasteiger charge is 2.53. The molecule has 0 radical (unpaired) electrons. The van der Waals surface area contributed by atoms with Gasteiger partial charge < -0.3 is 5.32 Å². The van der Waals surface area contributed by atoms with Crippen molar-refractivity contribution in [2.24, 2.45) is 29.1 Å². The van der Waals surface area contributed by atoms with E-state index in [4.69, 9.17) is 0 Å². The number of aryl methyl sites for hydroxylation is 1. The molecule has 0 spiro atoms. The number of carbonyl (C=O) groups is 1. The normalized spacial score (nSPS) is 41.0. The number of nitrogens with one attached hydrogen (secondary N) is 2. The summed E-state index contributed by atoms with van der Waals surface area (Å²) in [5.74, 6) is 3.11. The average molecular weight is 328 g/mol. The lowest BCUT2D eigenvalue weighted by atomic mass is 9.48. The molecule has 1 heterocycles. The molecule has 5 heteroatoms. The molecule has 1 aromatic rings. The molecular weight excluding hydrogens is 300 g/mol. The van der Waals surface area contributed by atoms with Crippen LogP contribution in [-0.2, 0) is 17.6 Å². The first-order valence-electron chi connectivity index (χ1n) is 9.80. The van der Waals surface area contributed by atoms with E-state index in [1.165, 1.54) is 38.5 Å². The van der Waals surface area contributed by atoms with Crippen LogP contribution >= 0.6 is 0 Å². The molecule has 24 heavy (non-hydrogen) atoms. The lowest BCUT2D eigenvalue weighted by molar-refractivity contribution is -0.130. The molecule has 2 unspecified atom stereocenters. The fraction of sp³-hybridized carbons (Fsp3) is 0.842. The van der Waals surface area contributed by atoms with Gasteiger partial charge in [-0.25, -0.2) is 0 Å². The summed E-state index contributed by atoms with van der Waals surface area (Å²) in [5, 5.41) is 14.5. The Morgan fingerprint density at radius 1 is 1.12 bits per heavy atom. The Kier molecular flexibility index (Phi) is 3.29. The fourth-order valence-electron chi connectivity index (χ4n) is 6.70. The van der Waals surface area contributed by atoms with Crippen molar-refractivity contribution >= 4 is 5.91 Å². The smallest absolute Gasteiger partial charge is 0.223 e. The second kappa shape index (κ2) is 5.30. The van der Waals surface area contributed by atoms with Gasteiger partial charge in [0.15, 0.2) is 0 Å². The molecule has 1 aromatic heterocycles. The van der Waals surface area contributed by atoms with Gasteiger partial charge in [0, 0.05) is 18.4 Å². The van der Waals surface area contributed by atoms with Gasteiger partial charge in [-0.2, -0.15) is 15.4 Å². The monoisotopic (exact) mass is 328 g/mol. The van der Waals surface area contributed by atoms with Crippen LogP contribution in [0.2, 0.25) is 0 Å². The van der Waals surface area contributed by atoms with E-state index in [0.717, 1.165) is 48.4 Å². The van der Waals surface area contributed by atoms with Gasteiger partial charge in [0.1, 0.15) is 0 Å². The number of fused-ring (bicyclic) bond motifs is 1. The van der Waals surface area contributed by atoms with Crippen LogP contribution in [0.25, 0.3) is 0 Å². The Bertz CT molecular complexity index is 616. The third-order valence-electron chi connectivity index (χ3n) is 7.61. The van der Waals surface area contributed by atoms with Crippen molar-refractivity contribution in [3.05, 3.63) is 11.4 Å². The van der Waals surface area contributed by atoms with Gasteiger partial charge in [0.05, 0.1) is 11.4 Å². The first-order chi connectivity index (χ1) is 11.6. The van der Waals surface area contributed by atoms with E-state index < -0.39 is 0 Å². The van der Waals surface area contributed by atoms with E-state index in [0.29, 0.717) is 11.5 Å². The first-order valence-corrected chi connectivity index (χ1v) is 9.80. The Labute approximate surface area is 143 Å². The lowest BCUT2D eigenvalue weighted by Crippen LogP contribution is -2.56. The largest absolute Gasteiger partial charge is 0.353 e. The molecule has 0 aliphatic heterocycles. The summed E-state index contributed by atoms with van der Waals surface area (Å²) in [6, 6.07) is 0.317. The second-order valence-electron chi connectivity index (χ2n) is 9.17. The standard InChI is InChI=1S/C19H28N4O/c1-11(19-8-12-4-13(9-19)6-14(5-12)10-19)20-18(24)15-2-3-16-17(7-15)22-23-21-16/h11-15H,2-10H2,1H3,(H,20,24)(H,21,22,23). The van der Waals surface area contributed by atoms with Crippen molar-refractivity contribution in [2.45, 2.75) is 70.8 Å². The Morgan fingerprint density at radius 3 is 2.42 bits per heavy atom. The van der Waals surface area contributed by atoms with E-state index in [9.17, 15) is 4.79 Å². The molecule has 5 aliphatic rings. The average Bonchev–Trinajstić information content (AvgIpc) is 3.01. The van der Waals surface area contributed by atoms with Crippen LogP contribution in [0.1, 0.15) is 63.3 Å². The van der Waals surface area contributed by atoms with Gasteiger partial charge in [0.2, 0.25) is 5.91 Å². The number of hydrogen-bond acceptors (Lipinski definition) is 3.